The van der Waals surface area contributed by atoms with E-state index in [-0.39, 0.29) is 5.82 Å². The number of halogens is 1. The van der Waals surface area contributed by atoms with Gasteiger partial charge in [0.1, 0.15) is 17.2 Å². The van der Waals surface area contributed by atoms with Crippen molar-refractivity contribution in [1.82, 2.24) is 24.4 Å². The van der Waals surface area contributed by atoms with Gasteiger partial charge in [0.15, 0.2) is 5.13 Å². The summed E-state index contributed by atoms with van der Waals surface area (Å²) in [6.45, 7) is 1.58. The van der Waals surface area contributed by atoms with Gasteiger partial charge in [0.05, 0.1) is 35.1 Å². The predicted octanol–water partition coefficient (Wildman–Crippen LogP) is 2.36. The Hall–Kier alpha value is -3.41. The molecule has 0 radical (unpaired) electrons. The zero-order chi connectivity index (χ0) is 22.9. The van der Waals surface area contributed by atoms with Gasteiger partial charge in [-0.25, -0.2) is 19.3 Å². The first-order valence-electron chi connectivity index (χ1n) is 10.5. The molecule has 4 aromatic rings. The van der Waals surface area contributed by atoms with E-state index in [9.17, 15) is 14.3 Å². The summed E-state index contributed by atoms with van der Waals surface area (Å²) in [7, 11) is 0. The fourth-order valence-electron chi connectivity index (χ4n) is 4.06. The van der Waals surface area contributed by atoms with Crippen molar-refractivity contribution in [1.29, 1.82) is 0 Å². The van der Waals surface area contributed by atoms with Crippen molar-refractivity contribution in [3.8, 4) is 10.4 Å². The van der Waals surface area contributed by atoms with E-state index in [0.29, 0.717) is 37.0 Å². The SMILES string of the molecule is NC(=O)C1CC(O)CN1CCn1cnc2cnc(Nc3ncc(-c4ccc(F)cc4)s3)cc21. The smallest absolute Gasteiger partial charge is 0.234 e. The summed E-state index contributed by atoms with van der Waals surface area (Å²) < 4.78 is 15.2. The number of aromatic nitrogens is 4. The van der Waals surface area contributed by atoms with Gasteiger partial charge >= 0.3 is 0 Å². The molecule has 1 amide bonds. The molecular weight excluding hydrogens is 445 g/mol. The normalized spacial score (nSPS) is 18.7. The molecule has 0 bridgehead atoms. The fourth-order valence-corrected chi connectivity index (χ4v) is 4.88. The van der Waals surface area contributed by atoms with Gasteiger partial charge in [0.2, 0.25) is 5.91 Å². The van der Waals surface area contributed by atoms with Gasteiger partial charge in [0, 0.05) is 31.9 Å². The Morgan fingerprint density at radius 1 is 1.21 bits per heavy atom. The van der Waals surface area contributed by atoms with E-state index in [4.69, 9.17) is 5.73 Å². The van der Waals surface area contributed by atoms with Crippen molar-refractivity contribution < 1.29 is 14.3 Å². The second kappa shape index (κ2) is 8.85. The Morgan fingerprint density at radius 3 is 2.82 bits per heavy atom. The summed E-state index contributed by atoms with van der Waals surface area (Å²) in [6, 6.07) is 7.73. The number of nitrogens with zero attached hydrogens (tertiary/aromatic N) is 5. The number of thiazole rings is 1. The van der Waals surface area contributed by atoms with Crippen LogP contribution in [0.1, 0.15) is 6.42 Å². The Kier molecular flexibility index (Phi) is 5.75. The van der Waals surface area contributed by atoms with E-state index in [2.05, 4.69) is 20.3 Å². The summed E-state index contributed by atoms with van der Waals surface area (Å²) in [5.74, 6) is -0.0705. The molecule has 11 heteroatoms. The molecule has 0 aliphatic carbocycles. The number of anilines is 2. The van der Waals surface area contributed by atoms with Gasteiger partial charge < -0.3 is 20.7 Å². The highest BCUT2D eigenvalue weighted by Gasteiger charge is 2.34. The number of pyridine rings is 1. The van der Waals surface area contributed by atoms with E-state index in [1.165, 1.54) is 23.5 Å². The van der Waals surface area contributed by atoms with Crippen molar-refractivity contribution in [2.75, 3.05) is 18.4 Å². The molecule has 5 rings (SSSR count). The molecule has 4 heterocycles. The summed E-state index contributed by atoms with van der Waals surface area (Å²) in [5, 5.41) is 13.8. The molecule has 1 fully saturated rings. The quantitative estimate of drug-likeness (QED) is 0.381. The average molecular weight is 468 g/mol. The minimum absolute atomic E-state index is 0.276. The van der Waals surface area contributed by atoms with Gasteiger partial charge in [-0.3, -0.25) is 9.69 Å². The van der Waals surface area contributed by atoms with E-state index < -0.39 is 18.1 Å². The number of likely N-dealkylation sites (tertiary alicyclic amines) is 1. The Bertz CT molecular complexity index is 1290. The Balaban J connectivity index is 1.30. The number of β-amino-alcohol motifs (C(OH)–C–C–N with tert-alkyl or cyclic N) is 1. The van der Waals surface area contributed by atoms with Gasteiger partial charge in [-0.05, 0) is 24.1 Å². The lowest BCUT2D eigenvalue weighted by molar-refractivity contribution is -0.122. The summed E-state index contributed by atoms with van der Waals surface area (Å²) in [6.07, 6.45) is 4.99. The zero-order valence-electron chi connectivity index (χ0n) is 17.6. The molecule has 0 saturated carbocycles. The first-order chi connectivity index (χ1) is 16.0. The number of fused-ring (bicyclic) bond motifs is 1. The maximum absolute atomic E-state index is 13.2. The van der Waals surface area contributed by atoms with Crippen LogP contribution in [0.4, 0.5) is 15.3 Å². The summed E-state index contributed by atoms with van der Waals surface area (Å²) in [4.78, 5) is 27.7. The third-order valence-electron chi connectivity index (χ3n) is 5.71. The highest BCUT2D eigenvalue weighted by Crippen LogP contribution is 2.31. The molecule has 1 aliphatic rings. The molecule has 3 aromatic heterocycles. The largest absolute Gasteiger partial charge is 0.392 e. The first-order valence-corrected chi connectivity index (χ1v) is 11.3. The highest BCUT2D eigenvalue weighted by molar-refractivity contribution is 7.18. The van der Waals surface area contributed by atoms with Crippen LogP contribution in [-0.2, 0) is 11.3 Å². The lowest BCUT2D eigenvalue weighted by atomic mass is 10.2. The number of rotatable bonds is 7. The predicted molar refractivity (Wildman–Crippen MR) is 123 cm³/mol. The van der Waals surface area contributed by atoms with Gasteiger partial charge in [0.25, 0.3) is 0 Å². The second-order valence-corrected chi connectivity index (χ2v) is 8.99. The number of hydrogen-bond donors (Lipinski definition) is 3. The van der Waals surface area contributed by atoms with Crippen molar-refractivity contribution in [2.24, 2.45) is 5.73 Å². The van der Waals surface area contributed by atoms with Crippen LogP contribution >= 0.6 is 11.3 Å². The van der Waals surface area contributed by atoms with E-state index in [1.54, 1.807) is 30.9 Å². The van der Waals surface area contributed by atoms with Gasteiger partial charge in [-0.15, -0.1) is 0 Å². The summed E-state index contributed by atoms with van der Waals surface area (Å²) >= 11 is 1.45. The van der Waals surface area contributed by atoms with Crippen LogP contribution in [0.3, 0.4) is 0 Å². The number of amides is 1. The molecular formula is C22H22FN7O2S. The first kappa shape index (κ1) is 21.4. The van der Waals surface area contributed by atoms with Crippen LogP contribution in [0.15, 0.2) is 49.1 Å². The zero-order valence-corrected chi connectivity index (χ0v) is 18.4. The van der Waals surface area contributed by atoms with Gasteiger partial charge in [-0.1, -0.05) is 23.5 Å². The monoisotopic (exact) mass is 467 g/mol. The van der Waals surface area contributed by atoms with Crippen LogP contribution in [0.5, 0.6) is 0 Å². The van der Waals surface area contributed by atoms with Crippen LogP contribution in [0.25, 0.3) is 21.5 Å². The number of nitrogens with two attached hydrogens (primary N) is 1. The number of aliphatic hydroxyl groups excluding tert-OH is 1. The highest BCUT2D eigenvalue weighted by atomic mass is 32.1. The third-order valence-corrected chi connectivity index (χ3v) is 6.68. The standard InChI is InChI=1S/C22H22FN7O2S/c23-14-3-1-13(2-4-14)19-10-26-22(33-19)28-20-8-17-16(9-25-20)27-12-30(17)6-5-29-11-15(31)7-18(29)21(24)32/h1-4,8-10,12,15,18,31H,5-7,11H2,(H2,24,32)(H,25,26,28). The van der Waals surface area contributed by atoms with Gasteiger partial charge in [-0.2, -0.15) is 0 Å². The lowest BCUT2D eigenvalue weighted by Gasteiger charge is -2.21. The molecule has 1 aromatic carbocycles. The minimum atomic E-state index is -0.542. The van der Waals surface area contributed by atoms with Crippen molar-refractivity contribution in [2.45, 2.75) is 25.1 Å². The second-order valence-electron chi connectivity index (χ2n) is 7.96. The maximum atomic E-state index is 13.2. The van der Waals surface area contributed by atoms with E-state index >= 15 is 0 Å². The van der Waals surface area contributed by atoms with Crippen LogP contribution in [-0.4, -0.2) is 60.7 Å². The van der Waals surface area contributed by atoms with Crippen LogP contribution in [0.2, 0.25) is 0 Å². The Labute approximate surface area is 192 Å². The molecule has 0 spiro atoms. The number of imidazole rings is 1. The van der Waals surface area contributed by atoms with Crippen molar-refractivity contribution in [3.63, 3.8) is 0 Å². The number of aliphatic hydroxyl groups is 1. The molecule has 9 nitrogen and oxygen atoms in total. The van der Waals surface area contributed by atoms with Crippen molar-refractivity contribution >= 4 is 39.2 Å². The topological polar surface area (TPSA) is 122 Å². The van der Waals surface area contributed by atoms with E-state index in [0.717, 1.165) is 21.5 Å². The average Bonchev–Trinajstić information content (AvgIpc) is 3.51. The van der Waals surface area contributed by atoms with Crippen LogP contribution in [0, 0.1) is 5.82 Å². The number of benzene rings is 1. The number of carbonyl (C=O) groups excluding carboxylic acids is 1. The number of carbonyl (C=O) groups is 1. The fraction of sp³-hybridized carbons (Fsp3) is 0.273. The lowest BCUT2D eigenvalue weighted by Crippen LogP contribution is -2.41. The van der Waals surface area contributed by atoms with Crippen molar-refractivity contribution in [3.05, 3.63) is 54.9 Å². The molecule has 1 aliphatic heterocycles. The van der Waals surface area contributed by atoms with E-state index in [1.807, 2.05) is 15.5 Å². The molecule has 2 atom stereocenters. The minimum Gasteiger partial charge on any atom is -0.392 e. The molecule has 2 unspecified atom stereocenters. The summed E-state index contributed by atoms with van der Waals surface area (Å²) in [5.41, 5.74) is 8.01. The van der Waals surface area contributed by atoms with Crippen LogP contribution < -0.4 is 11.1 Å². The third kappa shape index (κ3) is 4.56. The molecule has 33 heavy (non-hydrogen) atoms. The molecule has 4 N–H and O–H groups in total. The Morgan fingerprint density at radius 2 is 2.03 bits per heavy atom. The molecule has 1 saturated heterocycles. The number of hydrogen-bond acceptors (Lipinski definition) is 8. The number of nitrogens with one attached hydrogen (secondary N) is 1. The maximum Gasteiger partial charge on any atom is 0.234 e. The molecule has 170 valence electrons. The number of primary amides is 1.